The molecule has 1 N–H and O–H groups in total. The molecule has 0 amide bonds. The molecule has 1 unspecified atom stereocenters. The fourth-order valence-corrected chi connectivity index (χ4v) is 2.29. The summed E-state index contributed by atoms with van der Waals surface area (Å²) in [5.74, 6) is 0.629. The summed E-state index contributed by atoms with van der Waals surface area (Å²) in [6, 6.07) is 6.00. The third-order valence-corrected chi connectivity index (χ3v) is 3.61. The Kier molecular flexibility index (Phi) is 4.45. The van der Waals surface area contributed by atoms with Gasteiger partial charge in [0.15, 0.2) is 5.75 Å². The van der Waals surface area contributed by atoms with Gasteiger partial charge in [0.25, 0.3) is 0 Å². The highest BCUT2D eigenvalue weighted by Gasteiger charge is 2.21. The highest BCUT2D eigenvalue weighted by molar-refractivity contribution is 5.38. The summed E-state index contributed by atoms with van der Waals surface area (Å²) in [4.78, 5) is 0. The molecule has 1 heterocycles. The van der Waals surface area contributed by atoms with Crippen LogP contribution in [0, 0.1) is 13.8 Å². The van der Waals surface area contributed by atoms with Gasteiger partial charge in [-0.1, -0.05) is 25.1 Å². The Bertz CT molecular complexity index is 590. The summed E-state index contributed by atoms with van der Waals surface area (Å²) in [7, 11) is 1.60. The second-order valence-corrected chi connectivity index (χ2v) is 5.07. The minimum Gasteiger partial charge on any atom is -0.493 e. The van der Waals surface area contributed by atoms with Gasteiger partial charge in [0.1, 0.15) is 11.8 Å². The van der Waals surface area contributed by atoms with Gasteiger partial charge in [-0.3, -0.25) is 4.68 Å². The maximum Gasteiger partial charge on any atom is 0.163 e. The number of ether oxygens (including phenoxy) is 1. The molecular weight excluding hydrogens is 252 g/mol. The number of aryl methyl sites for hydroxylation is 3. The minimum absolute atomic E-state index is 0.629. The first-order valence-electron chi connectivity index (χ1n) is 6.93. The molecule has 108 valence electrons. The quantitative estimate of drug-likeness (QED) is 0.911. The van der Waals surface area contributed by atoms with E-state index in [2.05, 4.69) is 18.9 Å². The van der Waals surface area contributed by atoms with E-state index in [-0.39, 0.29) is 0 Å². The second kappa shape index (κ2) is 6.09. The van der Waals surface area contributed by atoms with Crippen LogP contribution in [0.3, 0.4) is 0 Å². The van der Waals surface area contributed by atoms with Gasteiger partial charge in [-0.25, -0.2) is 0 Å². The highest BCUT2D eigenvalue weighted by atomic mass is 16.5. The zero-order valence-electron chi connectivity index (χ0n) is 12.6. The molecule has 0 saturated carbocycles. The first-order chi connectivity index (χ1) is 9.58. The molecule has 2 rings (SSSR count). The number of aliphatic hydroxyl groups excluding tert-OH is 1. The lowest BCUT2D eigenvalue weighted by atomic mass is 10.0. The lowest BCUT2D eigenvalue weighted by Gasteiger charge is -2.16. The zero-order valence-corrected chi connectivity index (χ0v) is 12.6. The number of hydrogen-bond donors (Lipinski definition) is 1. The van der Waals surface area contributed by atoms with Crippen LogP contribution in [-0.2, 0) is 6.54 Å². The standard InChI is InChI=1S/C16H22N2O2/c1-5-8-18-15(14(20-4)10-17-18)16(19)13-7-6-11(2)12(3)9-13/h6-7,9-10,16,19H,5,8H2,1-4H3. The average Bonchev–Trinajstić information content (AvgIpc) is 2.84. The molecule has 0 aliphatic carbocycles. The van der Waals surface area contributed by atoms with Crippen molar-refractivity contribution in [1.82, 2.24) is 9.78 Å². The molecule has 0 fully saturated rings. The molecule has 4 heteroatoms. The van der Waals surface area contributed by atoms with Crippen molar-refractivity contribution in [2.75, 3.05) is 7.11 Å². The number of nitrogens with zero attached hydrogens (tertiary/aromatic N) is 2. The van der Waals surface area contributed by atoms with Gasteiger partial charge >= 0.3 is 0 Å². The van der Waals surface area contributed by atoms with Crippen LogP contribution in [0.2, 0.25) is 0 Å². The van der Waals surface area contributed by atoms with Crippen molar-refractivity contribution >= 4 is 0 Å². The molecule has 0 aliphatic heterocycles. The number of methoxy groups -OCH3 is 1. The summed E-state index contributed by atoms with van der Waals surface area (Å²) in [6.07, 6.45) is 1.89. The van der Waals surface area contributed by atoms with Crippen LogP contribution in [0.25, 0.3) is 0 Å². The predicted octanol–water partition coefficient (Wildman–Crippen LogP) is 3.00. The number of hydrogen-bond acceptors (Lipinski definition) is 3. The molecule has 1 aromatic heterocycles. The van der Waals surface area contributed by atoms with Gasteiger partial charge in [0, 0.05) is 6.54 Å². The van der Waals surface area contributed by atoms with Crippen LogP contribution >= 0.6 is 0 Å². The summed E-state index contributed by atoms with van der Waals surface area (Å²) in [5.41, 5.74) is 3.97. The first-order valence-corrected chi connectivity index (χ1v) is 6.93. The molecule has 4 nitrogen and oxygen atoms in total. The van der Waals surface area contributed by atoms with Gasteiger partial charge in [-0.2, -0.15) is 5.10 Å². The van der Waals surface area contributed by atoms with Gasteiger partial charge < -0.3 is 9.84 Å². The van der Waals surface area contributed by atoms with E-state index in [1.54, 1.807) is 13.3 Å². The lowest BCUT2D eigenvalue weighted by molar-refractivity contribution is 0.202. The average molecular weight is 274 g/mol. The summed E-state index contributed by atoms with van der Waals surface area (Å²) >= 11 is 0. The topological polar surface area (TPSA) is 47.3 Å². The Labute approximate surface area is 120 Å². The maximum absolute atomic E-state index is 10.7. The van der Waals surface area contributed by atoms with Gasteiger partial charge in [-0.05, 0) is 37.0 Å². The summed E-state index contributed by atoms with van der Waals surface area (Å²) < 4.78 is 7.14. The Morgan fingerprint density at radius 3 is 2.65 bits per heavy atom. The molecule has 0 spiro atoms. The first kappa shape index (κ1) is 14.6. The number of aromatic nitrogens is 2. The van der Waals surface area contributed by atoms with E-state index < -0.39 is 6.10 Å². The van der Waals surface area contributed by atoms with Crippen LogP contribution in [0.4, 0.5) is 0 Å². The van der Waals surface area contributed by atoms with E-state index in [1.165, 1.54) is 11.1 Å². The number of aliphatic hydroxyl groups is 1. The predicted molar refractivity (Wildman–Crippen MR) is 79.0 cm³/mol. The van der Waals surface area contributed by atoms with Crippen LogP contribution in [0.15, 0.2) is 24.4 Å². The van der Waals surface area contributed by atoms with E-state index in [0.717, 1.165) is 24.2 Å². The van der Waals surface area contributed by atoms with Crippen molar-refractivity contribution in [3.05, 3.63) is 46.8 Å². The van der Waals surface area contributed by atoms with Crippen LogP contribution in [-0.4, -0.2) is 22.0 Å². The van der Waals surface area contributed by atoms with E-state index in [9.17, 15) is 5.11 Å². The molecule has 0 saturated heterocycles. The molecule has 1 atom stereocenters. The lowest BCUT2D eigenvalue weighted by Crippen LogP contribution is -2.11. The Morgan fingerprint density at radius 2 is 2.05 bits per heavy atom. The zero-order chi connectivity index (χ0) is 14.7. The molecule has 1 aromatic carbocycles. The summed E-state index contributed by atoms with van der Waals surface area (Å²) in [6.45, 7) is 6.96. The Balaban J connectivity index is 2.43. The van der Waals surface area contributed by atoms with Crippen LogP contribution in [0.1, 0.15) is 41.8 Å². The fraction of sp³-hybridized carbons (Fsp3) is 0.438. The SMILES string of the molecule is CCCn1ncc(OC)c1C(O)c1ccc(C)c(C)c1. The van der Waals surface area contributed by atoms with E-state index in [0.29, 0.717) is 5.75 Å². The minimum atomic E-state index is -0.724. The Morgan fingerprint density at radius 1 is 1.30 bits per heavy atom. The van der Waals surface area contributed by atoms with Crippen molar-refractivity contribution in [3.63, 3.8) is 0 Å². The molecular formula is C16H22N2O2. The van der Waals surface area contributed by atoms with Crippen LogP contribution < -0.4 is 4.74 Å². The van der Waals surface area contributed by atoms with E-state index in [4.69, 9.17) is 4.74 Å². The second-order valence-electron chi connectivity index (χ2n) is 5.07. The molecule has 0 bridgehead atoms. The molecule has 20 heavy (non-hydrogen) atoms. The normalized spacial score (nSPS) is 12.4. The van der Waals surface area contributed by atoms with Crippen molar-refractivity contribution in [3.8, 4) is 5.75 Å². The molecule has 0 aliphatic rings. The van der Waals surface area contributed by atoms with Crippen molar-refractivity contribution in [2.45, 2.75) is 39.8 Å². The summed E-state index contributed by atoms with van der Waals surface area (Å²) in [5, 5.41) is 15.0. The van der Waals surface area contributed by atoms with Gasteiger partial charge in [0.2, 0.25) is 0 Å². The van der Waals surface area contributed by atoms with Gasteiger partial charge in [-0.15, -0.1) is 0 Å². The smallest absolute Gasteiger partial charge is 0.163 e. The maximum atomic E-state index is 10.7. The fourth-order valence-electron chi connectivity index (χ4n) is 2.29. The van der Waals surface area contributed by atoms with Crippen molar-refractivity contribution in [2.24, 2.45) is 0 Å². The highest BCUT2D eigenvalue weighted by Crippen LogP contribution is 2.30. The Hall–Kier alpha value is -1.81. The van der Waals surface area contributed by atoms with Gasteiger partial charge in [0.05, 0.1) is 13.3 Å². The third kappa shape index (κ3) is 2.70. The van der Waals surface area contributed by atoms with Crippen molar-refractivity contribution in [1.29, 1.82) is 0 Å². The van der Waals surface area contributed by atoms with E-state index >= 15 is 0 Å². The molecule has 0 radical (unpaired) electrons. The number of rotatable bonds is 5. The number of benzene rings is 1. The van der Waals surface area contributed by atoms with Crippen LogP contribution in [0.5, 0.6) is 5.75 Å². The largest absolute Gasteiger partial charge is 0.493 e. The molecule has 2 aromatic rings. The van der Waals surface area contributed by atoms with E-state index in [1.807, 2.05) is 29.8 Å². The van der Waals surface area contributed by atoms with Crippen molar-refractivity contribution < 1.29 is 9.84 Å². The third-order valence-electron chi connectivity index (χ3n) is 3.61. The monoisotopic (exact) mass is 274 g/mol.